The van der Waals surface area contributed by atoms with E-state index in [9.17, 15) is 0 Å². The molecule has 90 valence electrons. The van der Waals surface area contributed by atoms with Crippen LogP contribution < -0.4 is 0 Å². The Morgan fingerprint density at radius 2 is 1.94 bits per heavy atom. The van der Waals surface area contributed by atoms with Gasteiger partial charge in [-0.25, -0.2) is 9.97 Å². The van der Waals surface area contributed by atoms with E-state index in [2.05, 4.69) is 23.0 Å². The van der Waals surface area contributed by atoms with Crippen LogP contribution in [0.4, 0.5) is 0 Å². The van der Waals surface area contributed by atoms with E-state index in [0.717, 1.165) is 28.0 Å². The maximum Gasteiger partial charge on any atom is 0.154 e. The lowest BCUT2D eigenvalue weighted by Crippen LogP contribution is -1.90. The summed E-state index contributed by atoms with van der Waals surface area (Å²) in [7, 11) is 0. The number of hydrogen-bond donors (Lipinski definition) is 0. The predicted molar refractivity (Wildman–Crippen MR) is 71.7 cm³/mol. The molecule has 2 heterocycles. The van der Waals surface area contributed by atoms with Gasteiger partial charge in [0, 0.05) is 10.9 Å². The molecule has 0 fully saturated rings. The van der Waals surface area contributed by atoms with E-state index >= 15 is 0 Å². The highest BCUT2D eigenvalue weighted by atomic mass is 35.5. The van der Waals surface area contributed by atoms with Crippen LogP contribution in [0, 0.1) is 13.8 Å². The number of aromatic nitrogens is 2. The van der Waals surface area contributed by atoms with Crippen molar-refractivity contribution in [3.05, 3.63) is 46.9 Å². The van der Waals surface area contributed by atoms with E-state index < -0.39 is 0 Å². The van der Waals surface area contributed by atoms with Crippen LogP contribution in [0.15, 0.2) is 35.0 Å². The molecule has 3 rings (SSSR count). The van der Waals surface area contributed by atoms with Crippen molar-refractivity contribution in [1.29, 1.82) is 0 Å². The third kappa shape index (κ3) is 1.77. The summed E-state index contributed by atoms with van der Waals surface area (Å²) in [4.78, 5) is 8.18. The van der Waals surface area contributed by atoms with Crippen molar-refractivity contribution in [2.75, 3.05) is 0 Å². The van der Waals surface area contributed by atoms with Crippen LogP contribution in [0.25, 0.3) is 22.4 Å². The summed E-state index contributed by atoms with van der Waals surface area (Å²) < 4.78 is 5.80. The minimum absolute atomic E-state index is 0.455. The van der Waals surface area contributed by atoms with Crippen molar-refractivity contribution in [2.45, 2.75) is 13.8 Å². The van der Waals surface area contributed by atoms with Gasteiger partial charge in [0.1, 0.15) is 22.8 Å². The Hall–Kier alpha value is -1.87. The van der Waals surface area contributed by atoms with Crippen LogP contribution in [-0.4, -0.2) is 9.97 Å². The molecule has 0 spiro atoms. The first kappa shape index (κ1) is 11.2. The van der Waals surface area contributed by atoms with Gasteiger partial charge in [-0.1, -0.05) is 23.2 Å². The molecule has 0 saturated heterocycles. The lowest BCUT2D eigenvalue weighted by atomic mass is 10.1. The molecule has 4 heteroatoms. The Balaban J connectivity index is 2.22. The average Bonchev–Trinajstić information content (AvgIpc) is 2.75. The summed E-state index contributed by atoms with van der Waals surface area (Å²) in [6, 6.07) is 8.05. The number of furan rings is 1. The Labute approximate surface area is 109 Å². The molecule has 1 aromatic carbocycles. The minimum atomic E-state index is 0.455. The smallest absolute Gasteiger partial charge is 0.154 e. The summed E-state index contributed by atoms with van der Waals surface area (Å²) >= 11 is 5.99. The number of rotatable bonds is 1. The number of benzene rings is 1. The normalized spacial score (nSPS) is 11.1. The minimum Gasteiger partial charge on any atom is -0.454 e. The Morgan fingerprint density at radius 3 is 2.78 bits per heavy atom. The molecule has 0 bridgehead atoms. The molecule has 0 amide bonds. The maximum absolute atomic E-state index is 5.99. The Bertz CT molecular complexity index is 734. The number of hydrogen-bond acceptors (Lipinski definition) is 3. The number of halogens is 1. The molecule has 0 aliphatic carbocycles. The van der Waals surface area contributed by atoms with Gasteiger partial charge in [-0.05, 0) is 32.0 Å². The van der Waals surface area contributed by atoms with Crippen molar-refractivity contribution in [2.24, 2.45) is 0 Å². The molecule has 18 heavy (non-hydrogen) atoms. The van der Waals surface area contributed by atoms with Gasteiger partial charge in [0.05, 0.1) is 0 Å². The van der Waals surface area contributed by atoms with Gasteiger partial charge in [-0.15, -0.1) is 0 Å². The fraction of sp³-hybridized carbons (Fsp3) is 0.143. The van der Waals surface area contributed by atoms with Crippen LogP contribution in [0.1, 0.15) is 11.1 Å². The van der Waals surface area contributed by atoms with E-state index in [0.29, 0.717) is 5.15 Å². The van der Waals surface area contributed by atoms with Crippen LogP contribution in [0.5, 0.6) is 0 Å². The zero-order valence-corrected chi connectivity index (χ0v) is 10.8. The fourth-order valence-corrected chi connectivity index (χ4v) is 2.09. The van der Waals surface area contributed by atoms with Crippen molar-refractivity contribution in [3.8, 4) is 11.5 Å². The molecule has 0 atom stereocenters. The van der Waals surface area contributed by atoms with Crippen molar-refractivity contribution >= 4 is 22.6 Å². The largest absolute Gasteiger partial charge is 0.454 e. The number of fused-ring (bicyclic) bond motifs is 1. The van der Waals surface area contributed by atoms with E-state index in [4.69, 9.17) is 16.0 Å². The zero-order valence-electron chi connectivity index (χ0n) is 10.1. The average molecular weight is 259 g/mol. The van der Waals surface area contributed by atoms with Gasteiger partial charge >= 0.3 is 0 Å². The second-order valence-corrected chi connectivity index (χ2v) is 4.65. The van der Waals surface area contributed by atoms with E-state index in [1.165, 1.54) is 11.9 Å². The summed E-state index contributed by atoms with van der Waals surface area (Å²) in [6.45, 7) is 3.94. The standard InChI is InChI=1S/C14H11ClN2O/c1-8-3-4-11-10(5-8)6-12(18-11)13-9(2)14(15)17-7-16-13/h3-7H,1-2H3. The van der Waals surface area contributed by atoms with Gasteiger partial charge in [0.25, 0.3) is 0 Å². The lowest BCUT2D eigenvalue weighted by Gasteiger charge is -2.01. The first-order chi connectivity index (χ1) is 8.65. The second-order valence-electron chi connectivity index (χ2n) is 4.29. The third-order valence-corrected chi connectivity index (χ3v) is 3.31. The van der Waals surface area contributed by atoms with Crippen molar-refractivity contribution in [1.82, 2.24) is 9.97 Å². The zero-order chi connectivity index (χ0) is 12.7. The van der Waals surface area contributed by atoms with Crippen LogP contribution in [0.3, 0.4) is 0 Å². The predicted octanol–water partition coefficient (Wildman–Crippen LogP) is 4.16. The van der Waals surface area contributed by atoms with E-state index in [1.807, 2.05) is 25.1 Å². The van der Waals surface area contributed by atoms with Crippen molar-refractivity contribution < 1.29 is 4.42 Å². The van der Waals surface area contributed by atoms with E-state index in [1.54, 1.807) is 0 Å². The van der Waals surface area contributed by atoms with Gasteiger partial charge in [-0.3, -0.25) is 0 Å². The molecule has 3 aromatic rings. The van der Waals surface area contributed by atoms with Gasteiger partial charge in [0.15, 0.2) is 5.76 Å². The van der Waals surface area contributed by atoms with Gasteiger partial charge in [0.2, 0.25) is 0 Å². The summed E-state index contributed by atoms with van der Waals surface area (Å²) in [5.74, 6) is 0.720. The molecular weight excluding hydrogens is 248 g/mol. The van der Waals surface area contributed by atoms with Crippen LogP contribution in [-0.2, 0) is 0 Å². The first-order valence-electron chi connectivity index (χ1n) is 5.63. The highest BCUT2D eigenvalue weighted by molar-refractivity contribution is 6.30. The summed E-state index contributed by atoms with van der Waals surface area (Å²) in [5.41, 5.74) is 3.62. The lowest BCUT2D eigenvalue weighted by molar-refractivity contribution is 0.627. The number of aryl methyl sites for hydroxylation is 1. The molecule has 0 unspecified atom stereocenters. The molecule has 0 saturated carbocycles. The molecule has 0 N–H and O–H groups in total. The highest BCUT2D eigenvalue weighted by Gasteiger charge is 2.12. The molecule has 0 radical (unpaired) electrons. The van der Waals surface area contributed by atoms with Crippen LogP contribution >= 0.6 is 11.6 Å². The molecule has 2 aromatic heterocycles. The van der Waals surface area contributed by atoms with Gasteiger partial charge < -0.3 is 4.42 Å². The summed E-state index contributed by atoms with van der Waals surface area (Å²) in [6.07, 6.45) is 1.45. The quantitative estimate of drug-likeness (QED) is 0.615. The third-order valence-electron chi connectivity index (χ3n) is 2.93. The maximum atomic E-state index is 5.99. The first-order valence-corrected chi connectivity index (χ1v) is 6.00. The van der Waals surface area contributed by atoms with Crippen molar-refractivity contribution in [3.63, 3.8) is 0 Å². The van der Waals surface area contributed by atoms with Gasteiger partial charge in [-0.2, -0.15) is 0 Å². The van der Waals surface area contributed by atoms with Crippen LogP contribution in [0.2, 0.25) is 5.15 Å². The fourth-order valence-electron chi connectivity index (χ4n) is 1.96. The molecule has 0 aliphatic heterocycles. The Kier molecular flexibility index (Phi) is 2.56. The Morgan fingerprint density at radius 1 is 1.11 bits per heavy atom. The summed E-state index contributed by atoms with van der Waals surface area (Å²) in [5, 5.41) is 1.52. The molecular formula is C14H11ClN2O. The monoisotopic (exact) mass is 258 g/mol. The molecule has 0 aliphatic rings. The topological polar surface area (TPSA) is 38.9 Å². The van der Waals surface area contributed by atoms with E-state index in [-0.39, 0.29) is 0 Å². The second kappa shape index (κ2) is 4.10. The molecule has 3 nitrogen and oxygen atoms in total. The number of nitrogens with zero attached hydrogens (tertiary/aromatic N) is 2. The highest BCUT2D eigenvalue weighted by Crippen LogP contribution is 2.30. The SMILES string of the molecule is Cc1ccc2oc(-c3ncnc(Cl)c3C)cc2c1.